The summed E-state index contributed by atoms with van der Waals surface area (Å²) in [6, 6.07) is 5.91. The molecule has 3 rings (SSSR count). The molecule has 3 atom stereocenters. The Balaban J connectivity index is 2.03. The van der Waals surface area contributed by atoms with Crippen molar-refractivity contribution in [3.8, 4) is 5.75 Å². The van der Waals surface area contributed by atoms with E-state index in [1.165, 1.54) is 17.2 Å². The van der Waals surface area contributed by atoms with Gasteiger partial charge in [-0.15, -0.1) is 0 Å². The Labute approximate surface area is 149 Å². The minimum atomic E-state index is -0.448. The first-order chi connectivity index (χ1) is 11.8. The number of carbonyl (C=O) groups excluding carboxylic acids is 2. The molecule has 0 radical (unpaired) electrons. The highest BCUT2D eigenvalue weighted by Gasteiger charge is 2.54. The Bertz CT molecular complexity index is 726. The van der Waals surface area contributed by atoms with Gasteiger partial charge in [0.1, 0.15) is 5.75 Å². The average Bonchev–Trinajstić information content (AvgIpc) is 2.61. The molecule has 1 amide bonds. The lowest BCUT2D eigenvalue weighted by atomic mass is 9.49. The summed E-state index contributed by atoms with van der Waals surface area (Å²) in [7, 11) is 1.73. The zero-order chi connectivity index (χ0) is 18.2. The number of nitrogens with one attached hydrogen (secondary N) is 1. The van der Waals surface area contributed by atoms with Crippen LogP contribution in [0.5, 0.6) is 5.75 Å². The van der Waals surface area contributed by atoms with Gasteiger partial charge in [0.2, 0.25) is 5.91 Å². The zero-order valence-corrected chi connectivity index (χ0v) is 15.4. The predicted octanol–water partition coefficient (Wildman–Crippen LogP) is 3.53. The first-order valence-electron chi connectivity index (χ1n) is 9.05. The third-order valence-electron chi connectivity index (χ3n) is 6.46. The maximum atomic E-state index is 12.7. The van der Waals surface area contributed by atoms with Gasteiger partial charge in [-0.2, -0.15) is 0 Å². The number of amides is 1. The van der Waals surface area contributed by atoms with Crippen molar-refractivity contribution in [1.82, 2.24) is 5.32 Å². The fourth-order valence-electron chi connectivity index (χ4n) is 5.22. The number of aryl methyl sites for hydroxylation is 1. The molecule has 4 nitrogen and oxygen atoms in total. The molecule has 4 heteroatoms. The molecule has 134 valence electrons. The van der Waals surface area contributed by atoms with Gasteiger partial charge in [0.05, 0.1) is 5.41 Å². The molecule has 0 heterocycles. The predicted molar refractivity (Wildman–Crippen MR) is 97.5 cm³/mol. The number of ether oxygens (including phenoxy) is 1. The molecule has 1 aromatic rings. The second-order valence-corrected chi connectivity index (χ2v) is 7.80. The fraction of sp³-hybridized carbons (Fsp3) is 0.524. The van der Waals surface area contributed by atoms with Crippen molar-refractivity contribution in [1.29, 1.82) is 0 Å². The van der Waals surface area contributed by atoms with Crippen LogP contribution in [0.2, 0.25) is 0 Å². The summed E-state index contributed by atoms with van der Waals surface area (Å²) < 4.78 is 5.34. The average molecular weight is 341 g/mol. The molecule has 0 unspecified atom stereocenters. The standard InChI is InChI=1S/C21H27NO3/c1-5-18(23)25-15-9-7-14-8-10-17-20(2,16(14)13-15)11-6-12-21(17,3)19(24)22-4/h5,7,9,13,17H,1,6,8,10-12H2,2-4H3,(H,22,24)/t17-,20-,21+/m1/s1. The van der Waals surface area contributed by atoms with Gasteiger partial charge in [0.25, 0.3) is 0 Å². The van der Waals surface area contributed by atoms with Gasteiger partial charge < -0.3 is 10.1 Å². The van der Waals surface area contributed by atoms with Crippen molar-refractivity contribution in [3.63, 3.8) is 0 Å². The van der Waals surface area contributed by atoms with Crippen LogP contribution in [0.1, 0.15) is 50.7 Å². The number of hydrogen-bond donors (Lipinski definition) is 1. The maximum absolute atomic E-state index is 12.7. The van der Waals surface area contributed by atoms with Gasteiger partial charge in [-0.25, -0.2) is 4.79 Å². The SMILES string of the molecule is C=CC(=O)Oc1ccc2c(c1)[C@@]1(C)CCC[C@](C)(C(=O)NC)[C@@H]1CC2. The first kappa shape index (κ1) is 17.7. The Kier molecular flexibility index (Phi) is 4.48. The van der Waals surface area contributed by atoms with Crippen molar-refractivity contribution in [2.24, 2.45) is 11.3 Å². The summed E-state index contributed by atoms with van der Waals surface area (Å²) in [5.41, 5.74) is 2.10. The highest BCUT2D eigenvalue weighted by Crippen LogP contribution is 2.57. The molecular formula is C21H27NO3. The third-order valence-corrected chi connectivity index (χ3v) is 6.46. The number of benzene rings is 1. The van der Waals surface area contributed by atoms with Gasteiger partial charge in [-0.05, 0) is 60.3 Å². The van der Waals surface area contributed by atoms with Gasteiger partial charge in [0, 0.05) is 13.1 Å². The van der Waals surface area contributed by atoms with Gasteiger partial charge >= 0.3 is 5.97 Å². The Morgan fingerprint density at radius 1 is 1.32 bits per heavy atom. The summed E-state index contributed by atoms with van der Waals surface area (Å²) in [5.74, 6) is 0.529. The van der Waals surface area contributed by atoms with E-state index in [0.29, 0.717) is 5.75 Å². The normalized spacial score (nSPS) is 30.6. The number of fused-ring (bicyclic) bond motifs is 3. The van der Waals surface area contributed by atoms with Crippen LogP contribution in [0.25, 0.3) is 0 Å². The van der Waals surface area contributed by atoms with Crippen molar-refractivity contribution in [3.05, 3.63) is 42.0 Å². The van der Waals surface area contributed by atoms with Gasteiger partial charge in [-0.3, -0.25) is 4.79 Å². The van der Waals surface area contributed by atoms with Crippen LogP contribution in [-0.4, -0.2) is 18.9 Å². The third kappa shape index (κ3) is 2.78. The molecular weight excluding hydrogens is 314 g/mol. The number of hydrogen-bond acceptors (Lipinski definition) is 3. The van der Waals surface area contributed by atoms with E-state index in [1.54, 1.807) is 7.05 Å². The number of rotatable bonds is 3. The molecule has 2 aliphatic carbocycles. The molecule has 1 fully saturated rings. The van der Waals surface area contributed by atoms with Crippen molar-refractivity contribution < 1.29 is 14.3 Å². The zero-order valence-electron chi connectivity index (χ0n) is 15.4. The Morgan fingerprint density at radius 3 is 2.76 bits per heavy atom. The Morgan fingerprint density at radius 2 is 2.08 bits per heavy atom. The Hall–Kier alpha value is -2.10. The van der Waals surface area contributed by atoms with Crippen molar-refractivity contribution in [2.75, 3.05) is 7.05 Å². The lowest BCUT2D eigenvalue weighted by molar-refractivity contribution is -0.138. The molecule has 0 bridgehead atoms. The van der Waals surface area contributed by atoms with E-state index in [1.807, 2.05) is 12.1 Å². The molecule has 0 spiro atoms. The molecule has 2 aliphatic rings. The van der Waals surface area contributed by atoms with Gasteiger partial charge in [0.15, 0.2) is 0 Å². The van der Waals surface area contributed by atoms with Crippen LogP contribution in [-0.2, 0) is 21.4 Å². The lowest BCUT2D eigenvalue weighted by Gasteiger charge is -2.54. The monoisotopic (exact) mass is 341 g/mol. The minimum absolute atomic E-state index is 0.0797. The molecule has 0 aromatic heterocycles. The van der Waals surface area contributed by atoms with Crippen LogP contribution >= 0.6 is 0 Å². The summed E-state index contributed by atoms with van der Waals surface area (Å²) in [4.78, 5) is 24.2. The molecule has 1 saturated carbocycles. The van der Waals surface area contributed by atoms with Crippen molar-refractivity contribution in [2.45, 2.75) is 51.4 Å². The minimum Gasteiger partial charge on any atom is -0.423 e. The van der Waals surface area contributed by atoms with Gasteiger partial charge in [-0.1, -0.05) is 32.9 Å². The number of esters is 1. The van der Waals surface area contributed by atoms with E-state index in [0.717, 1.165) is 32.1 Å². The van der Waals surface area contributed by atoms with E-state index in [2.05, 4.69) is 31.8 Å². The van der Waals surface area contributed by atoms with Crippen LogP contribution in [0, 0.1) is 11.3 Å². The number of carbonyl (C=O) groups is 2. The van der Waals surface area contributed by atoms with Crippen molar-refractivity contribution >= 4 is 11.9 Å². The van der Waals surface area contributed by atoms with Crippen LogP contribution in [0.3, 0.4) is 0 Å². The highest BCUT2D eigenvalue weighted by atomic mass is 16.5. The molecule has 0 saturated heterocycles. The second kappa shape index (κ2) is 6.32. The smallest absolute Gasteiger partial charge is 0.335 e. The van der Waals surface area contributed by atoms with E-state index in [9.17, 15) is 9.59 Å². The molecule has 0 aliphatic heterocycles. The maximum Gasteiger partial charge on any atom is 0.335 e. The topological polar surface area (TPSA) is 55.4 Å². The molecule has 1 N–H and O–H groups in total. The summed E-state index contributed by atoms with van der Waals surface area (Å²) >= 11 is 0. The first-order valence-corrected chi connectivity index (χ1v) is 9.05. The molecule has 25 heavy (non-hydrogen) atoms. The van der Waals surface area contributed by atoms with Crippen LogP contribution in [0.4, 0.5) is 0 Å². The fourth-order valence-corrected chi connectivity index (χ4v) is 5.22. The quantitative estimate of drug-likeness (QED) is 0.520. The van der Waals surface area contributed by atoms with Crippen LogP contribution < -0.4 is 10.1 Å². The van der Waals surface area contributed by atoms with E-state index in [4.69, 9.17) is 4.74 Å². The highest BCUT2D eigenvalue weighted by molar-refractivity contribution is 5.84. The lowest BCUT2D eigenvalue weighted by Crippen LogP contribution is -2.54. The molecule has 1 aromatic carbocycles. The van der Waals surface area contributed by atoms with E-state index in [-0.39, 0.29) is 22.7 Å². The summed E-state index contributed by atoms with van der Waals surface area (Å²) in [6.07, 6.45) is 6.14. The largest absolute Gasteiger partial charge is 0.423 e. The van der Waals surface area contributed by atoms with E-state index < -0.39 is 5.97 Å². The second-order valence-electron chi connectivity index (χ2n) is 7.80. The van der Waals surface area contributed by atoms with Crippen LogP contribution in [0.15, 0.2) is 30.9 Å². The van der Waals surface area contributed by atoms with E-state index >= 15 is 0 Å². The summed E-state index contributed by atoms with van der Waals surface area (Å²) in [5, 5.41) is 2.88. The summed E-state index contributed by atoms with van der Waals surface area (Å²) in [6.45, 7) is 7.84.